The molecule has 1 saturated heterocycles. The van der Waals surface area contributed by atoms with E-state index in [1.165, 1.54) is 18.5 Å². The minimum Gasteiger partial charge on any atom is -0.353 e. The first kappa shape index (κ1) is 14.0. The molecule has 1 unspecified atom stereocenters. The number of aromatic nitrogens is 2. The minimum atomic E-state index is 0.682. The van der Waals surface area contributed by atoms with Crippen molar-refractivity contribution < 1.29 is 0 Å². The van der Waals surface area contributed by atoms with Crippen LogP contribution >= 0.6 is 0 Å². The molecule has 4 heteroatoms. The van der Waals surface area contributed by atoms with Gasteiger partial charge in [0.05, 0.1) is 0 Å². The fraction of sp³-hybridized carbons (Fsp3) is 0.412. The largest absolute Gasteiger partial charge is 0.353 e. The number of likely N-dealkylation sites (tertiary alicyclic amines) is 1. The molecule has 1 fully saturated rings. The molecule has 0 bridgehead atoms. The van der Waals surface area contributed by atoms with Crippen LogP contribution in [0.15, 0.2) is 42.7 Å². The highest BCUT2D eigenvalue weighted by atomic mass is 15.2. The van der Waals surface area contributed by atoms with Crippen LogP contribution in [0.2, 0.25) is 0 Å². The molecule has 0 radical (unpaired) electrons. The minimum absolute atomic E-state index is 0.682. The van der Waals surface area contributed by atoms with Crippen LogP contribution in [0.5, 0.6) is 0 Å². The summed E-state index contributed by atoms with van der Waals surface area (Å²) in [5.41, 5.74) is 2.56. The van der Waals surface area contributed by atoms with Crippen LogP contribution in [0.4, 0.5) is 5.95 Å². The molecule has 1 atom stereocenters. The van der Waals surface area contributed by atoms with E-state index in [4.69, 9.17) is 0 Å². The fourth-order valence-corrected chi connectivity index (χ4v) is 2.84. The number of nitrogens with zero attached hydrogens (tertiary/aromatic N) is 3. The van der Waals surface area contributed by atoms with E-state index in [2.05, 4.69) is 50.5 Å². The van der Waals surface area contributed by atoms with E-state index in [1.54, 1.807) is 0 Å². The zero-order valence-electron chi connectivity index (χ0n) is 12.5. The number of hydrogen-bond donors (Lipinski definition) is 1. The second-order valence-electron chi connectivity index (χ2n) is 5.71. The Balaban J connectivity index is 1.44. The van der Waals surface area contributed by atoms with Crippen LogP contribution < -0.4 is 5.32 Å². The molecule has 2 aromatic rings. The molecule has 0 spiro atoms. The van der Waals surface area contributed by atoms with Gasteiger partial charge in [0.2, 0.25) is 5.95 Å². The van der Waals surface area contributed by atoms with Crippen LogP contribution in [0, 0.1) is 6.92 Å². The van der Waals surface area contributed by atoms with Crippen molar-refractivity contribution in [1.82, 2.24) is 14.9 Å². The first-order valence-electron chi connectivity index (χ1n) is 7.61. The van der Waals surface area contributed by atoms with E-state index < -0.39 is 0 Å². The lowest BCUT2D eigenvalue weighted by molar-refractivity contribution is 0.347. The summed E-state index contributed by atoms with van der Waals surface area (Å²) in [5.74, 6) is 1.40. The van der Waals surface area contributed by atoms with E-state index in [-0.39, 0.29) is 0 Å². The van der Waals surface area contributed by atoms with Gasteiger partial charge in [-0.25, -0.2) is 9.97 Å². The topological polar surface area (TPSA) is 41.1 Å². The average molecular weight is 282 g/mol. The van der Waals surface area contributed by atoms with Crippen molar-refractivity contribution in [2.45, 2.75) is 19.3 Å². The third-order valence-corrected chi connectivity index (χ3v) is 4.04. The lowest BCUT2D eigenvalue weighted by atomic mass is 9.99. The van der Waals surface area contributed by atoms with Crippen molar-refractivity contribution in [3.63, 3.8) is 0 Å². The molecule has 1 aromatic carbocycles. The highest BCUT2D eigenvalue weighted by molar-refractivity contribution is 5.24. The van der Waals surface area contributed by atoms with E-state index >= 15 is 0 Å². The van der Waals surface area contributed by atoms with E-state index in [1.807, 2.05) is 19.3 Å². The second-order valence-corrected chi connectivity index (χ2v) is 5.71. The summed E-state index contributed by atoms with van der Waals surface area (Å²) >= 11 is 0. The van der Waals surface area contributed by atoms with E-state index in [0.29, 0.717) is 5.92 Å². The van der Waals surface area contributed by atoms with Crippen molar-refractivity contribution in [2.75, 3.05) is 31.5 Å². The van der Waals surface area contributed by atoms with Gasteiger partial charge in [0.15, 0.2) is 0 Å². The van der Waals surface area contributed by atoms with Gasteiger partial charge < -0.3 is 10.2 Å². The second kappa shape index (κ2) is 6.68. The van der Waals surface area contributed by atoms with Gasteiger partial charge >= 0.3 is 0 Å². The fourth-order valence-electron chi connectivity index (χ4n) is 2.84. The summed E-state index contributed by atoms with van der Waals surface area (Å²) < 4.78 is 0. The number of anilines is 1. The van der Waals surface area contributed by atoms with Gasteiger partial charge in [0.1, 0.15) is 0 Å². The molecular weight excluding hydrogens is 260 g/mol. The maximum absolute atomic E-state index is 4.26. The Labute approximate surface area is 126 Å². The Morgan fingerprint density at radius 1 is 1.19 bits per heavy atom. The number of nitrogens with one attached hydrogen (secondary N) is 1. The zero-order valence-corrected chi connectivity index (χ0v) is 12.5. The molecule has 0 amide bonds. The van der Waals surface area contributed by atoms with Crippen LogP contribution in [-0.2, 0) is 0 Å². The Kier molecular flexibility index (Phi) is 4.46. The summed E-state index contributed by atoms with van der Waals surface area (Å²) in [6.45, 7) is 6.26. The summed E-state index contributed by atoms with van der Waals surface area (Å²) in [5, 5.41) is 3.29. The summed E-state index contributed by atoms with van der Waals surface area (Å²) in [7, 11) is 0. The summed E-state index contributed by atoms with van der Waals surface area (Å²) in [6.07, 6.45) is 4.94. The highest BCUT2D eigenvalue weighted by Crippen LogP contribution is 2.26. The number of benzene rings is 1. The summed E-state index contributed by atoms with van der Waals surface area (Å²) in [6, 6.07) is 10.8. The predicted molar refractivity (Wildman–Crippen MR) is 85.5 cm³/mol. The van der Waals surface area contributed by atoms with Crippen molar-refractivity contribution in [3.8, 4) is 0 Å². The molecular formula is C17H22N4. The van der Waals surface area contributed by atoms with Crippen LogP contribution in [0.3, 0.4) is 0 Å². The lowest BCUT2D eigenvalue weighted by Crippen LogP contribution is -2.27. The van der Waals surface area contributed by atoms with Crippen LogP contribution in [0.25, 0.3) is 0 Å². The zero-order chi connectivity index (χ0) is 14.5. The van der Waals surface area contributed by atoms with Gasteiger partial charge in [0.25, 0.3) is 0 Å². The van der Waals surface area contributed by atoms with Crippen molar-refractivity contribution in [3.05, 3.63) is 53.9 Å². The molecule has 1 aliphatic heterocycles. The molecule has 1 aliphatic rings. The molecule has 0 saturated carbocycles. The van der Waals surface area contributed by atoms with E-state index in [9.17, 15) is 0 Å². The first-order valence-corrected chi connectivity index (χ1v) is 7.61. The monoisotopic (exact) mass is 282 g/mol. The third kappa shape index (κ3) is 3.79. The maximum Gasteiger partial charge on any atom is 0.222 e. The normalized spacial score (nSPS) is 18.8. The molecule has 110 valence electrons. The van der Waals surface area contributed by atoms with Crippen LogP contribution in [0.1, 0.15) is 23.5 Å². The molecule has 2 heterocycles. The lowest BCUT2D eigenvalue weighted by Gasteiger charge is -2.16. The molecule has 1 N–H and O–H groups in total. The quantitative estimate of drug-likeness (QED) is 0.915. The maximum atomic E-state index is 4.26. The highest BCUT2D eigenvalue weighted by Gasteiger charge is 2.22. The van der Waals surface area contributed by atoms with E-state index in [0.717, 1.165) is 31.1 Å². The smallest absolute Gasteiger partial charge is 0.222 e. The van der Waals surface area contributed by atoms with Crippen molar-refractivity contribution in [2.24, 2.45) is 0 Å². The van der Waals surface area contributed by atoms with Gasteiger partial charge in [-0.3, -0.25) is 0 Å². The SMILES string of the molecule is Cc1cnc(NCCN2CCC(c3ccccc3)C2)nc1. The number of rotatable bonds is 5. The Morgan fingerprint density at radius 2 is 1.95 bits per heavy atom. The predicted octanol–water partition coefficient (Wildman–Crippen LogP) is 2.69. The Hall–Kier alpha value is -1.94. The van der Waals surface area contributed by atoms with Crippen LogP contribution in [-0.4, -0.2) is 41.0 Å². The molecule has 1 aromatic heterocycles. The van der Waals surface area contributed by atoms with Gasteiger partial charge in [-0.15, -0.1) is 0 Å². The number of aryl methyl sites for hydroxylation is 1. The van der Waals surface area contributed by atoms with Gasteiger partial charge in [0, 0.05) is 32.0 Å². The molecule has 4 nitrogen and oxygen atoms in total. The standard InChI is InChI=1S/C17H22N4/c1-14-11-19-17(20-12-14)18-8-10-21-9-7-16(13-21)15-5-3-2-4-6-15/h2-6,11-12,16H,7-10,13H2,1H3,(H,18,19,20). The molecule has 3 rings (SSSR count). The summed E-state index contributed by atoms with van der Waals surface area (Å²) in [4.78, 5) is 11.0. The molecule has 0 aliphatic carbocycles. The Morgan fingerprint density at radius 3 is 2.71 bits per heavy atom. The van der Waals surface area contributed by atoms with Crippen molar-refractivity contribution in [1.29, 1.82) is 0 Å². The Bertz CT molecular complexity index is 553. The van der Waals surface area contributed by atoms with Crippen molar-refractivity contribution >= 4 is 5.95 Å². The number of hydrogen-bond acceptors (Lipinski definition) is 4. The average Bonchev–Trinajstić information content (AvgIpc) is 2.99. The first-order chi connectivity index (χ1) is 10.3. The third-order valence-electron chi connectivity index (χ3n) is 4.04. The molecule has 21 heavy (non-hydrogen) atoms. The van der Waals surface area contributed by atoms with Gasteiger partial charge in [-0.05, 0) is 36.9 Å². The van der Waals surface area contributed by atoms with Gasteiger partial charge in [-0.2, -0.15) is 0 Å². The van der Waals surface area contributed by atoms with Gasteiger partial charge in [-0.1, -0.05) is 30.3 Å².